The maximum atomic E-state index is 10.5. The van der Waals surface area contributed by atoms with E-state index >= 15 is 0 Å². The third-order valence-corrected chi connectivity index (χ3v) is 7.83. The highest BCUT2D eigenvalue weighted by molar-refractivity contribution is 5.33. The van der Waals surface area contributed by atoms with Crippen LogP contribution in [-0.4, -0.2) is 28.8 Å². The van der Waals surface area contributed by atoms with Gasteiger partial charge in [0, 0.05) is 30.6 Å². The Balaban J connectivity index is 1.70. The zero-order valence-electron chi connectivity index (χ0n) is 15.2. The molecular weight excluding hydrogens is 296 g/mol. The van der Waals surface area contributed by atoms with Gasteiger partial charge in [-0.1, -0.05) is 38.2 Å². The first-order chi connectivity index (χ1) is 11.5. The standard InChI is InChI=1S/C21H32N2O/c1-20-12-6-5-9-18(20)23(14-22)19-11-10-15(13-21(19,20)2)16-7-3-4-8-17(16)24/h5-6,9,12,15,18-19,24H,3-4,7-8,10-11,13-14,22H2,1-2H3/t15-,18?,19?,20?,21?/m1/s1. The fourth-order valence-electron chi connectivity index (χ4n) is 6.33. The lowest BCUT2D eigenvalue weighted by Crippen LogP contribution is -2.47. The van der Waals surface area contributed by atoms with Gasteiger partial charge >= 0.3 is 0 Å². The van der Waals surface area contributed by atoms with Crippen molar-refractivity contribution >= 4 is 0 Å². The fourth-order valence-corrected chi connectivity index (χ4v) is 6.33. The van der Waals surface area contributed by atoms with Crippen molar-refractivity contribution in [2.45, 2.75) is 70.9 Å². The van der Waals surface area contributed by atoms with Crippen LogP contribution >= 0.6 is 0 Å². The summed E-state index contributed by atoms with van der Waals surface area (Å²) in [5.74, 6) is 1.27. The molecule has 1 saturated heterocycles. The molecule has 1 heterocycles. The van der Waals surface area contributed by atoms with Crippen LogP contribution in [0.1, 0.15) is 58.8 Å². The first-order valence-corrected chi connectivity index (χ1v) is 9.74. The van der Waals surface area contributed by atoms with E-state index in [4.69, 9.17) is 5.73 Å². The van der Waals surface area contributed by atoms with E-state index in [1.165, 1.54) is 31.3 Å². The van der Waals surface area contributed by atoms with Gasteiger partial charge < -0.3 is 10.8 Å². The summed E-state index contributed by atoms with van der Waals surface area (Å²) in [5.41, 5.74) is 7.91. The number of aliphatic hydroxyl groups is 1. The van der Waals surface area contributed by atoms with E-state index in [0.29, 0.717) is 30.4 Å². The largest absolute Gasteiger partial charge is 0.512 e. The molecule has 0 aromatic carbocycles. The molecule has 0 radical (unpaired) electrons. The van der Waals surface area contributed by atoms with Crippen LogP contribution in [0.4, 0.5) is 0 Å². The van der Waals surface area contributed by atoms with Crippen molar-refractivity contribution in [2.24, 2.45) is 22.5 Å². The summed E-state index contributed by atoms with van der Waals surface area (Å²) in [4.78, 5) is 2.53. The highest BCUT2D eigenvalue weighted by Gasteiger charge is 2.63. The van der Waals surface area contributed by atoms with Gasteiger partial charge in [0.25, 0.3) is 0 Å². The number of fused-ring (bicyclic) bond motifs is 3. The molecule has 3 nitrogen and oxygen atoms in total. The van der Waals surface area contributed by atoms with E-state index in [-0.39, 0.29) is 10.8 Å². The molecule has 3 aliphatic carbocycles. The minimum atomic E-state index is 0.134. The molecule has 2 fully saturated rings. The Bertz CT molecular complexity index is 607. The number of likely N-dealkylation sites (tertiary alicyclic amines) is 1. The predicted octanol–water partition coefficient (Wildman–Crippen LogP) is 4.28. The first-order valence-electron chi connectivity index (χ1n) is 9.74. The molecule has 4 aliphatic rings. The van der Waals surface area contributed by atoms with Crippen LogP contribution in [0.2, 0.25) is 0 Å². The SMILES string of the molecule is CC12C=CC=CC1N(CN)C1CC[C@@H](C3=C(O)CCCC3)CC12C. The molecular formula is C21H32N2O. The van der Waals surface area contributed by atoms with Gasteiger partial charge in [0.15, 0.2) is 0 Å². The number of allylic oxidation sites excluding steroid dienone is 4. The Labute approximate surface area is 146 Å². The van der Waals surface area contributed by atoms with Crippen LogP contribution in [0.15, 0.2) is 35.6 Å². The number of rotatable bonds is 2. The molecule has 0 spiro atoms. The van der Waals surface area contributed by atoms with Crippen molar-refractivity contribution in [1.29, 1.82) is 0 Å². The van der Waals surface area contributed by atoms with Gasteiger partial charge in [-0.2, -0.15) is 0 Å². The maximum absolute atomic E-state index is 10.5. The van der Waals surface area contributed by atoms with E-state index in [1.54, 1.807) is 0 Å². The van der Waals surface area contributed by atoms with E-state index < -0.39 is 0 Å². The molecule has 0 aromatic rings. The molecule has 1 saturated carbocycles. The highest BCUT2D eigenvalue weighted by Crippen LogP contribution is 2.63. The lowest BCUT2D eigenvalue weighted by molar-refractivity contribution is 0.0517. The summed E-state index contributed by atoms with van der Waals surface area (Å²) in [6.07, 6.45) is 17.2. The summed E-state index contributed by atoms with van der Waals surface area (Å²) >= 11 is 0. The summed E-state index contributed by atoms with van der Waals surface area (Å²) < 4.78 is 0. The van der Waals surface area contributed by atoms with Gasteiger partial charge in [-0.15, -0.1) is 0 Å². The van der Waals surface area contributed by atoms with Crippen molar-refractivity contribution in [1.82, 2.24) is 4.90 Å². The second-order valence-electron chi connectivity index (χ2n) is 8.76. The van der Waals surface area contributed by atoms with Crippen LogP contribution in [0.5, 0.6) is 0 Å². The van der Waals surface area contributed by atoms with Crippen LogP contribution in [-0.2, 0) is 0 Å². The highest BCUT2D eigenvalue weighted by atomic mass is 16.3. The van der Waals surface area contributed by atoms with Crippen molar-refractivity contribution in [2.75, 3.05) is 6.67 Å². The molecule has 4 rings (SSSR count). The third kappa shape index (κ3) is 2.10. The number of aliphatic hydroxyl groups excluding tert-OH is 1. The Morgan fingerprint density at radius 2 is 2.00 bits per heavy atom. The molecule has 3 heteroatoms. The minimum absolute atomic E-state index is 0.134. The predicted molar refractivity (Wildman–Crippen MR) is 98.4 cm³/mol. The summed E-state index contributed by atoms with van der Waals surface area (Å²) in [6.45, 7) is 5.55. The second kappa shape index (κ2) is 5.74. The van der Waals surface area contributed by atoms with E-state index in [9.17, 15) is 5.11 Å². The Morgan fingerprint density at radius 3 is 2.75 bits per heavy atom. The Hall–Kier alpha value is -1.06. The van der Waals surface area contributed by atoms with E-state index in [2.05, 4.69) is 43.1 Å². The number of nitrogens with two attached hydrogens (primary N) is 1. The maximum Gasteiger partial charge on any atom is 0.0917 e. The zero-order chi connectivity index (χ0) is 16.9. The molecule has 0 amide bonds. The number of hydrogen-bond acceptors (Lipinski definition) is 3. The van der Waals surface area contributed by atoms with Crippen molar-refractivity contribution in [3.05, 3.63) is 35.6 Å². The Morgan fingerprint density at radius 1 is 1.21 bits per heavy atom. The van der Waals surface area contributed by atoms with Crippen LogP contribution in [0.25, 0.3) is 0 Å². The van der Waals surface area contributed by atoms with Gasteiger partial charge in [0.1, 0.15) is 0 Å². The summed E-state index contributed by atoms with van der Waals surface area (Å²) in [7, 11) is 0. The van der Waals surface area contributed by atoms with Crippen molar-refractivity contribution in [3.63, 3.8) is 0 Å². The van der Waals surface area contributed by atoms with Gasteiger partial charge in [-0.25, -0.2) is 0 Å². The third-order valence-electron chi connectivity index (χ3n) is 7.83. The monoisotopic (exact) mass is 328 g/mol. The minimum Gasteiger partial charge on any atom is -0.512 e. The lowest BCUT2D eigenvalue weighted by atomic mass is 9.54. The van der Waals surface area contributed by atoms with Crippen LogP contribution in [0, 0.1) is 16.7 Å². The smallest absolute Gasteiger partial charge is 0.0917 e. The number of hydrogen-bond donors (Lipinski definition) is 2. The van der Waals surface area contributed by atoms with Gasteiger partial charge in [0.2, 0.25) is 0 Å². The molecule has 1 aliphatic heterocycles. The molecule has 3 N–H and O–H groups in total. The van der Waals surface area contributed by atoms with Gasteiger partial charge in [-0.3, -0.25) is 4.90 Å². The average molecular weight is 329 g/mol. The normalized spacial score (nSPS) is 45.4. The second-order valence-corrected chi connectivity index (χ2v) is 8.76. The molecule has 0 bridgehead atoms. The van der Waals surface area contributed by atoms with Gasteiger partial charge in [0.05, 0.1) is 5.76 Å². The molecule has 5 atom stereocenters. The van der Waals surface area contributed by atoms with Crippen molar-refractivity contribution < 1.29 is 5.11 Å². The summed E-state index contributed by atoms with van der Waals surface area (Å²) in [5, 5.41) is 10.5. The molecule has 132 valence electrons. The molecule has 0 aromatic heterocycles. The van der Waals surface area contributed by atoms with Crippen molar-refractivity contribution in [3.8, 4) is 0 Å². The van der Waals surface area contributed by atoms with E-state index in [1.807, 2.05) is 0 Å². The number of nitrogens with zero attached hydrogens (tertiary/aromatic N) is 1. The lowest BCUT2D eigenvalue weighted by Gasteiger charge is -2.49. The Kier molecular flexibility index (Phi) is 3.92. The van der Waals surface area contributed by atoms with Crippen LogP contribution < -0.4 is 5.73 Å². The summed E-state index contributed by atoms with van der Waals surface area (Å²) in [6, 6.07) is 0.961. The fraction of sp³-hybridized carbons (Fsp3) is 0.714. The van der Waals surface area contributed by atoms with Gasteiger partial charge in [-0.05, 0) is 55.4 Å². The zero-order valence-corrected chi connectivity index (χ0v) is 15.2. The topological polar surface area (TPSA) is 49.5 Å². The first kappa shape index (κ1) is 16.4. The molecule has 24 heavy (non-hydrogen) atoms. The van der Waals surface area contributed by atoms with E-state index in [0.717, 1.165) is 19.3 Å². The molecule has 4 unspecified atom stereocenters. The quantitative estimate of drug-likeness (QED) is 0.795. The van der Waals surface area contributed by atoms with Crippen LogP contribution in [0.3, 0.4) is 0 Å². The average Bonchev–Trinajstić information content (AvgIpc) is 2.78.